The molecule has 2 N–H and O–H groups in total. The monoisotopic (exact) mass is 335 g/mol. The van der Waals surface area contributed by atoms with Crippen molar-refractivity contribution >= 4 is 22.9 Å². The van der Waals surface area contributed by atoms with Crippen LogP contribution in [-0.2, 0) is 6.18 Å². The van der Waals surface area contributed by atoms with Gasteiger partial charge in [0.15, 0.2) is 0 Å². The number of hydrogen-bond donors (Lipinski definition) is 1. The van der Waals surface area contributed by atoms with Crippen molar-refractivity contribution in [2.75, 3.05) is 6.54 Å². The first-order chi connectivity index (χ1) is 9.93. The topological polar surface area (TPSA) is 35.2 Å². The van der Waals surface area contributed by atoms with E-state index in [1.807, 2.05) is 0 Å². The van der Waals surface area contributed by atoms with Gasteiger partial charge >= 0.3 is 6.18 Å². The van der Waals surface area contributed by atoms with E-state index in [4.69, 9.17) is 22.1 Å². The van der Waals surface area contributed by atoms with Gasteiger partial charge in [-0.05, 0) is 17.5 Å². The summed E-state index contributed by atoms with van der Waals surface area (Å²) in [6.07, 6.45) is -5.40. The van der Waals surface area contributed by atoms with Crippen molar-refractivity contribution in [3.8, 4) is 5.75 Å². The molecule has 0 aliphatic heterocycles. The highest BCUT2D eigenvalue weighted by Gasteiger charge is 2.38. The van der Waals surface area contributed by atoms with Crippen LogP contribution in [0.3, 0.4) is 0 Å². The Morgan fingerprint density at radius 2 is 1.86 bits per heavy atom. The van der Waals surface area contributed by atoms with Gasteiger partial charge in [-0.25, -0.2) is 0 Å². The van der Waals surface area contributed by atoms with Gasteiger partial charge in [0.2, 0.25) is 0 Å². The van der Waals surface area contributed by atoms with E-state index in [0.717, 1.165) is 16.7 Å². The maximum atomic E-state index is 13.0. The summed E-state index contributed by atoms with van der Waals surface area (Å²) in [5, 5.41) is 1.69. The molecule has 2 unspecified atom stereocenters. The second-order valence-electron chi connectivity index (χ2n) is 4.34. The number of nitrogens with two attached hydrogens (primary N) is 1. The van der Waals surface area contributed by atoms with E-state index in [9.17, 15) is 13.2 Å². The van der Waals surface area contributed by atoms with Crippen LogP contribution >= 0.6 is 22.9 Å². The standard InChI is InChI=1S/C14H13ClF3NOS/c15-12(6-19)13(20-9-4-2-1-3-5-9)10-7-21-8-11(10)14(16,17)18/h1-5,7-8,12-13H,6,19H2. The molecule has 0 aliphatic rings. The second-order valence-corrected chi connectivity index (χ2v) is 5.65. The zero-order chi connectivity index (χ0) is 15.5. The fourth-order valence-corrected chi connectivity index (χ4v) is 2.93. The maximum absolute atomic E-state index is 13.0. The number of ether oxygens (including phenoxy) is 1. The normalized spacial score (nSPS) is 14.7. The minimum absolute atomic E-state index is 0.00615. The van der Waals surface area contributed by atoms with Crippen molar-refractivity contribution < 1.29 is 17.9 Å². The first-order valence-corrected chi connectivity index (χ1v) is 7.50. The van der Waals surface area contributed by atoms with Crippen LogP contribution in [0.15, 0.2) is 41.1 Å². The molecule has 21 heavy (non-hydrogen) atoms. The van der Waals surface area contributed by atoms with Crippen LogP contribution in [0.5, 0.6) is 5.75 Å². The van der Waals surface area contributed by atoms with E-state index >= 15 is 0 Å². The number of benzene rings is 1. The van der Waals surface area contributed by atoms with Crippen LogP contribution in [0.4, 0.5) is 13.2 Å². The summed E-state index contributed by atoms with van der Waals surface area (Å²) in [6, 6.07) is 8.57. The summed E-state index contributed by atoms with van der Waals surface area (Å²) in [6.45, 7) is 0.00615. The van der Waals surface area contributed by atoms with E-state index < -0.39 is 23.2 Å². The number of para-hydroxylation sites is 1. The Morgan fingerprint density at radius 1 is 1.19 bits per heavy atom. The molecule has 2 rings (SSSR count). The van der Waals surface area contributed by atoms with Crippen LogP contribution in [0.1, 0.15) is 17.2 Å². The van der Waals surface area contributed by atoms with Gasteiger partial charge in [-0.15, -0.1) is 11.6 Å². The molecule has 2 atom stereocenters. The minimum Gasteiger partial charge on any atom is -0.484 e. The molecule has 0 spiro atoms. The molecule has 0 saturated carbocycles. The molecule has 0 bridgehead atoms. The molecule has 0 aliphatic carbocycles. The molecule has 1 aromatic heterocycles. The highest BCUT2D eigenvalue weighted by Crippen LogP contribution is 2.40. The average Bonchev–Trinajstić information content (AvgIpc) is 2.94. The zero-order valence-electron chi connectivity index (χ0n) is 10.8. The minimum atomic E-state index is -4.45. The number of alkyl halides is 4. The lowest BCUT2D eigenvalue weighted by Crippen LogP contribution is -2.28. The van der Waals surface area contributed by atoms with E-state index in [1.165, 1.54) is 5.38 Å². The summed E-state index contributed by atoms with van der Waals surface area (Å²) < 4.78 is 44.7. The third kappa shape index (κ3) is 3.90. The Balaban J connectivity index is 2.35. The predicted octanol–water partition coefficient (Wildman–Crippen LogP) is 4.45. The first-order valence-electron chi connectivity index (χ1n) is 6.12. The van der Waals surface area contributed by atoms with Crippen LogP contribution in [0.2, 0.25) is 0 Å². The lowest BCUT2D eigenvalue weighted by atomic mass is 10.0. The third-order valence-electron chi connectivity index (χ3n) is 2.86. The van der Waals surface area contributed by atoms with Crippen molar-refractivity contribution in [3.63, 3.8) is 0 Å². The Morgan fingerprint density at radius 3 is 2.43 bits per heavy atom. The molecule has 0 saturated heterocycles. The summed E-state index contributed by atoms with van der Waals surface area (Å²) in [5.41, 5.74) is 4.79. The molecular weight excluding hydrogens is 323 g/mol. The number of rotatable bonds is 5. The van der Waals surface area contributed by atoms with Gasteiger partial charge in [-0.2, -0.15) is 24.5 Å². The molecule has 1 heterocycles. The van der Waals surface area contributed by atoms with Crippen LogP contribution < -0.4 is 10.5 Å². The van der Waals surface area contributed by atoms with Gasteiger partial charge in [0.05, 0.1) is 10.9 Å². The third-order valence-corrected chi connectivity index (χ3v) is 4.03. The highest BCUT2D eigenvalue weighted by molar-refractivity contribution is 7.08. The molecule has 2 aromatic rings. The number of thiophene rings is 1. The smallest absolute Gasteiger partial charge is 0.417 e. The fraction of sp³-hybridized carbons (Fsp3) is 0.286. The van der Waals surface area contributed by atoms with Crippen molar-refractivity contribution in [1.82, 2.24) is 0 Å². The summed E-state index contributed by atoms with van der Waals surface area (Å²) in [7, 11) is 0. The van der Waals surface area contributed by atoms with Crippen molar-refractivity contribution in [3.05, 3.63) is 52.2 Å². The van der Waals surface area contributed by atoms with Crippen LogP contribution in [-0.4, -0.2) is 11.9 Å². The maximum Gasteiger partial charge on any atom is 0.417 e. The molecule has 0 radical (unpaired) electrons. The van der Waals surface area contributed by atoms with Gasteiger partial charge in [-0.1, -0.05) is 18.2 Å². The number of hydrogen-bond acceptors (Lipinski definition) is 3. The average molecular weight is 336 g/mol. The summed E-state index contributed by atoms with van der Waals surface area (Å²) >= 11 is 7.04. The highest BCUT2D eigenvalue weighted by atomic mass is 35.5. The Hall–Kier alpha value is -1.24. The lowest BCUT2D eigenvalue weighted by Gasteiger charge is -2.24. The Labute approximate surface area is 129 Å². The SMILES string of the molecule is NCC(Cl)C(Oc1ccccc1)c1cscc1C(F)(F)F. The lowest BCUT2D eigenvalue weighted by molar-refractivity contribution is -0.138. The Kier molecular flexibility index (Phi) is 5.13. The van der Waals surface area contributed by atoms with E-state index in [0.29, 0.717) is 5.75 Å². The quantitative estimate of drug-likeness (QED) is 0.819. The molecule has 2 nitrogen and oxygen atoms in total. The van der Waals surface area contributed by atoms with E-state index in [1.54, 1.807) is 30.3 Å². The summed E-state index contributed by atoms with van der Waals surface area (Å²) in [4.78, 5) is 0. The van der Waals surface area contributed by atoms with Gasteiger partial charge in [-0.3, -0.25) is 0 Å². The van der Waals surface area contributed by atoms with Gasteiger partial charge in [0.25, 0.3) is 0 Å². The largest absolute Gasteiger partial charge is 0.484 e. The molecule has 7 heteroatoms. The molecular formula is C14H13ClF3NOS. The molecule has 114 valence electrons. The van der Waals surface area contributed by atoms with Gasteiger partial charge in [0.1, 0.15) is 11.9 Å². The molecule has 1 aromatic carbocycles. The predicted molar refractivity (Wildman–Crippen MR) is 77.8 cm³/mol. The van der Waals surface area contributed by atoms with Crippen molar-refractivity contribution in [2.24, 2.45) is 5.73 Å². The molecule has 0 fully saturated rings. The second kappa shape index (κ2) is 6.68. The van der Waals surface area contributed by atoms with E-state index in [2.05, 4.69) is 0 Å². The first kappa shape index (κ1) is 16.1. The van der Waals surface area contributed by atoms with Crippen LogP contribution in [0.25, 0.3) is 0 Å². The van der Waals surface area contributed by atoms with Gasteiger partial charge in [0, 0.05) is 17.5 Å². The van der Waals surface area contributed by atoms with E-state index in [-0.39, 0.29) is 12.1 Å². The van der Waals surface area contributed by atoms with Gasteiger partial charge < -0.3 is 10.5 Å². The van der Waals surface area contributed by atoms with Crippen molar-refractivity contribution in [2.45, 2.75) is 17.7 Å². The Bertz CT molecular complexity index is 573. The fourth-order valence-electron chi connectivity index (χ4n) is 1.86. The zero-order valence-corrected chi connectivity index (χ0v) is 12.4. The molecule has 0 amide bonds. The number of halogens is 4. The van der Waals surface area contributed by atoms with Crippen molar-refractivity contribution in [1.29, 1.82) is 0 Å². The van der Waals surface area contributed by atoms with Crippen LogP contribution in [0, 0.1) is 0 Å². The summed E-state index contributed by atoms with van der Waals surface area (Å²) in [5.74, 6) is 0.445.